The fourth-order valence-corrected chi connectivity index (χ4v) is 2.30. The van der Waals surface area contributed by atoms with Crippen LogP contribution in [0.1, 0.15) is 31.4 Å². The number of halogens is 1. The molecule has 0 bridgehead atoms. The topological polar surface area (TPSA) is 38.5 Å². The van der Waals surface area contributed by atoms with Gasteiger partial charge in [0, 0.05) is 24.2 Å². The number of rotatable bonds is 5. The summed E-state index contributed by atoms with van der Waals surface area (Å²) in [6.45, 7) is 5.65. The number of hydrogen-bond donors (Lipinski definition) is 1. The number of likely N-dealkylation sites (tertiary alicyclic amines) is 1. The molecule has 1 aliphatic rings. The lowest BCUT2D eigenvalue weighted by molar-refractivity contribution is 0.235. The van der Waals surface area contributed by atoms with Crippen LogP contribution in [0.3, 0.4) is 0 Å². The van der Waals surface area contributed by atoms with Gasteiger partial charge in [0.05, 0.1) is 0 Å². The van der Waals surface area contributed by atoms with Gasteiger partial charge in [0.1, 0.15) is 18.2 Å². The SMILES string of the molecule is C[C@@H](N)c1ccc(F)cc1OCCN1CCCC1. The van der Waals surface area contributed by atoms with Crippen molar-refractivity contribution in [3.63, 3.8) is 0 Å². The molecule has 1 aromatic carbocycles. The van der Waals surface area contributed by atoms with Gasteiger partial charge in [-0.1, -0.05) is 6.07 Å². The van der Waals surface area contributed by atoms with E-state index in [4.69, 9.17) is 10.5 Å². The molecule has 1 aromatic rings. The van der Waals surface area contributed by atoms with Crippen molar-refractivity contribution in [1.29, 1.82) is 0 Å². The Morgan fingerprint density at radius 3 is 2.78 bits per heavy atom. The third kappa shape index (κ3) is 3.43. The molecule has 100 valence electrons. The summed E-state index contributed by atoms with van der Waals surface area (Å²) in [6.07, 6.45) is 2.54. The second-order valence-corrected chi connectivity index (χ2v) is 4.87. The first-order valence-corrected chi connectivity index (χ1v) is 6.57. The lowest BCUT2D eigenvalue weighted by atomic mass is 10.1. The minimum Gasteiger partial charge on any atom is -0.492 e. The van der Waals surface area contributed by atoms with Crippen molar-refractivity contribution in [1.82, 2.24) is 4.90 Å². The summed E-state index contributed by atoms with van der Waals surface area (Å²) in [4.78, 5) is 2.37. The number of nitrogens with two attached hydrogens (primary N) is 1. The summed E-state index contributed by atoms with van der Waals surface area (Å²) >= 11 is 0. The molecular weight excluding hydrogens is 231 g/mol. The molecule has 4 heteroatoms. The number of hydrogen-bond acceptors (Lipinski definition) is 3. The van der Waals surface area contributed by atoms with Gasteiger partial charge in [0.15, 0.2) is 0 Å². The Kier molecular flexibility index (Phi) is 4.55. The largest absolute Gasteiger partial charge is 0.492 e. The van der Waals surface area contributed by atoms with Crippen LogP contribution in [0, 0.1) is 5.82 Å². The summed E-state index contributed by atoms with van der Waals surface area (Å²) in [6, 6.07) is 4.40. The number of nitrogens with zero attached hydrogens (tertiary/aromatic N) is 1. The minimum absolute atomic E-state index is 0.146. The molecule has 1 atom stereocenters. The van der Waals surface area contributed by atoms with Crippen molar-refractivity contribution in [2.75, 3.05) is 26.2 Å². The van der Waals surface area contributed by atoms with E-state index < -0.39 is 0 Å². The average Bonchev–Trinajstić information content (AvgIpc) is 2.82. The smallest absolute Gasteiger partial charge is 0.127 e. The van der Waals surface area contributed by atoms with Crippen LogP contribution in [-0.4, -0.2) is 31.1 Å². The summed E-state index contributed by atoms with van der Waals surface area (Å²) in [5.41, 5.74) is 6.70. The zero-order valence-corrected chi connectivity index (χ0v) is 10.9. The third-order valence-electron chi connectivity index (χ3n) is 3.33. The van der Waals surface area contributed by atoms with Crippen molar-refractivity contribution in [2.45, 2.75) is 25.8 Å². The molecule has 1 heterocycles. The summed E-state index contributed by atoms with van der Waals surface area (Å²) in [5.74, 6) is 0.291. The van der Waals surface area contributed by atoms with E-state index in [1.54, 1.807) is 6.07 Å². The molecule has 0 amide bonds. The van der Waals surface area contributed by atoms with Crippen LogP contribution < -0.4 is 10.5 Å². The summed E-state index contributed by atoms with van der Waals surface area (Å²) in [5, 5.41) is 0. The maximum absolute atomic E-state index is 13.2. The molecule has 0 spiro atoms. The van der Waals surface area contributed by atoms with Crippen molar-refractivity contribution in [3.05, 3.63) is 29.6 Å². The van der Waals surface area contributed by atoms with E-state index >= 15 is 0 Å². The Balaban J connectivity index is 1.92. The summed E-state index contributed by atoms with van der Waals surface area (Å²) in [7, 11) is 0. The fraction of sp³-hybridized carbons (Fsp3) is 0.571. The summed E-state index contributed by atoms with van der Waals surface area (Å²) < 4.78 is 18.9. The van der Waals surface area contributed by atoms with E-state index in [-0.39, 0.29) is 11.9 Å². The van der Waals surface area contributed by atoms with Gasteiger partial charge in [-0.05, 0) is 38.9 Å². The average molecular weight is 252 g/mol. The highest BCUT2D eigenvalue weighted by Gasteiger charge is 2.13. The molecule has 1 saturated heterocycles. The Hall–Kier alpha value is -1.13. The Bertz CT molecular complexity index is 389. The number of ether oxygens (including phenoxy) is 1. The van der Waals surface area contributed by atoms with Crippen LogP contribution >= 0.6 is 0 Å². The van der Waals surface area contributed by atoms with E-state index in [1.165, 1.54) is 25.0 Å². The lowest BCUT2D eigenvalue weighted by Crippen LogP contribution is -2.25. The van der Waals surface area contributed by atoms with Crippen LogP contribution in [0.4, 0.5) is 4.39 Å². The second kappa shape index (κ2) is 6.16. The van der Waals surface area contributed by atoms with Crippen LogP contribution in [0.15, 0.2) is 18.2 Å². The van der Waals surface area contributed by atoms with Gasteiger partial charge in [-0.3, -0.25) is 4.90 Å². The van der Waals surface area contributed by atoms with E-state index in [9.17, 15) is 4.39 Å². The van der Waals surface area contributed by atoms with Gasteiger partial charge in [0.2, 0.25) is 0 Å². The standard InChI is InChI=1S/C14H21FN2O/c1-11(16)13-5-4-12(15)10-14(13)18-9-8-17-6-2-3-7-17/h4-5,10-11H,2-3,6-9,16H2,1H3/t11-/m1/s1. The first kappa shape index (κ1) is 13.3. The van der Waals surface area contributed by atoms with Gasteiger partial charge < -0.3 is 10.5 Å². The number of benzene rings is 1. The fourth-order valence-electron chi connectivity index (χ4n) is 2.30. The second-order valence-electron chi connectivity index (χ2n) is 4.87. The van der Waals surface area contributed by atoms with Crippen LogP contribution in [0.5, 0.6) is 5.75 Å². The molecule has 1 aliphatic heterocycles. The molecule has 3 nitrogen and oxygen atoms in total. The molecule has 2 rings (SSSR count). The predicted molar refractivity (Wildman–Crippen MR) is 70.2 cm³/mol. The quantitative estimate of drug-likeness (QED) is 0.874. The first-order valence-electron chi connectivity index (χ1n) is 6.57. The zero-order valence-electron chi connectivity index (χ0n) is 10.9. The van der Waals surface area contributed by atoms with E-state index in [0.29, 0.717) is 12.4 Å². The molecule has 1 fully saturated rings. The highest BCUT2D eigenvalue weighted by molar-refractivity contribution is 5.36. The maximum Gasteiger partial charge on any atom is 0.127 e. The highest BCUT2D eigenvalue weighted by Crippen LogP contribution is 2.24. The van der Waals surface area contributed by atoms with Crippen molar-refractivity contribution < 1.29 is 9.13 Å². The predicted octanol–water partition coefficient (Wildman–Crippen LogP) is 2.32. The molecule has 0 aromatic heterocycles. The zero-order chi connectivity index (χ0) is 13.0. The van der Waals surface area contributed by atoms with Gasteiger partial charge in [-0.15, -0.1) is 0 Å². The highest BCUT2D eigenvalue weighted by atomic mass is 19.1. The molecule has 0 unspecified atom stereocenters. The van der Waals surface area contributed by atoms with Crippen molar-refractivity contribution in [2.24, 2.45) is 5.73 Å². The van der Waals surface area contributed by atoms with Gasteiger partial charge in [-0.25, -0.2) is 4.39 Å². The molecule has 0 radical (unpaired) electrons. The van der Waals surface area contributed by atoms with Gasteiger partial charge >= 0.3 is 0 Å². The van der Waals surface area contributed by atoms with Crippen molar-refractivity contribution >= 4 is 0 Å². The molecule has 2 N–H and O–H groups in total. The van der Waals surface area contributed by atoms with Crippen molar-refractivity contribution in [3.8, 4) is 5.75 Å². The van der Waals surface area contributed by atoms with E-state index in [1.807, 2.05) is 6.92 Å². The molecule has 0 saturated carbocycles. The molecule has 0 aliphatic carbocycles. The van der Waals surface area contributed by atoms with E-state index in [0.717, 1.165) is 25.2 Å². The van der Waals surface area contributed by atoms with Crippen LogP contribution in [0.25, 0.3) is 0 Å². The monoisotopic (exact) mass is 252 g/mol. The minimum atomic E-state index is -0.282. The normalized spacial score (nSPS) is 17.9. The Morgan fingerprint density at radius 1 is 1.39 bits per heavy atom. The first-order chi connectivity index (χ1) is 8.66. The Labute approximate surface area is 108 Å². The molecule has 18 heavy (non-hydrogen) atoms. The van der Waals surface area contributed by atoms with E-state index in [2.05, 4.69) is 4.90 Å². The van der Waals surface area contributed by atoms with Crippen LogP contribution in [0.2, 0.25) is 0 Å². The molecular formula is C14H21FN2O. The Morgan fingerprint density at radius 2 is 2.11 bits per heavy atom. The van der Waals surface area contributed by atoms with Gasteiger partial charge in [-0.2, -0.15) is 0 Å². The van der Waals surface area contributed by atoms with Gasteiger partial charge in [0.25, 0.3) is 0 Å². The van der Waals surface area contributed by atoms with Crippen LogP contribution in [-0.2, 0) is 0 Å². The third-order valence-corrected chi connectivity index (χ3v) is 3.33. The maximum atomic E-state index is 13.2. The lowest BCUT2D eigenvalue weighted by Gasteiger charge is -2.17.